The van der Waals surface area contributed by atoms with E-state index < -0.39 is 0 Å². The summed E-state index contributed by atoms with van der Waals surface area (Å²) in [6.45, 7) is 6.92. The molecule has 0 aromatic rings. The number of carbonyl (C=O) groups excluding carboxylic acids is 1. The quantitative estimate of drug-likeness (QED) is 0.727. The normalized spacial score (nSPS) is 14.7. The Hall–Kier alpha value is -0.220. The number of carbonyl (C=O) groups is 1. The molecule has 0 aromatic heterocycles. The topological polar surface area (TPSA) is 46.3 Å². The zero-order valence-electron chi connectivity index (χ0n) is 10.3. The first-order valence-corrected chi connectivity index (χ1v) is 7.02. The third-order valence-electron chi connectivity index (χ3n) is 2.70. The Bertz CT molecular complexity index is 187. The second-order valence-electron chi connectivity index (χ2n) is 3.77. The number of likely N-dealkylation sites (N-methyl/N-ethyl adjacent to an activating group) is 1. The third kappa shape index (κ3) is 4.89. The van der Waals surface area contributed by atoms with Gasteiger partial charge in [-0.25, -0.2) is 0 Å². The molecule has 0 fully saturated rings. The second-order valence-corrected chi connectivity index (χ2v) is 4.76. The lowest BCUT2D eigenvalue weighted by Gasteiger charge is -2.29. The van der Waals surface area contributed by atoms with E-state index >= 15 is 0 Å². The Kier molecular flexibility index (Phi) is 7.88. The average molecular weight is 232 g/mol. The van der Waals surface area contributed by atoms with Gasteiger partial charge >= 0.3 is 0 Å². The molecule has 4 heteroatoms. The largest absolute Gasteiger partial charge is 0.339 e. The number of thioether (sulfide) groups is 1. The van der Waals surface area contributed by atoms with E-state index in [1.165, 1.54) is 0 Å². The van der Waals surface area contributed by atoms with Gasteiger partial charge in [-0.1, -0.05) is 6.92 Å². The Balaban J connectivity index is 4.24. The lowest BCUT2D eigenvalue weighted by atomic mass is 10.1. The van der Waals surface area contributed by atoms with Gasteiger partial charge in [0.1, 0.15) is 0 Å². The molecule has 15 heavy (non-hydrogen) atoms. The van der Waals surface area contributed by atoms with Gasteiger partial charge in [-0.05, 0) is 38.7 Å². The molecule has 0 rings (SSSR count). The van der Waals surface area contributed by atoms with Crippen molar-refractivity contribution in [1.82, 2.24) is 4.90 Å². The molecule has 0 saturated heterocycles. The fourth-order valence-corrected chi connectivity index (χ4v) is 1.98. The van der Waals surface area contributed by atoms with E-state index in [0.717, 1.165) is 25.1 Å². The van der Waals surface area contributed by atoms with Crippen molar-refractivity contribution in [3.05, 3.63) is 0 Å². The molecule has 1 unspecified atom stereocenters. The summed E-state index contributed by atoms with van der Waals surface area (Å²) in [7, 11) is 0. The Morgan fingerprint density at radius 2 is 2.07 bits per heavy atom. The van der Waals surface area contributed by atoms with Gasteiger partial charge in [0.15, 0.2) is 0 Å². The second kappa shape index (κ2) is 7.99. The molecule has 0 aromatic carbocycles. The maximum Gasteiger partial charge on any atom is 0.239 e. The minimum Gasteiger partial charge on any atom is -0.339 e. The van der Waals surface area contributed by atoms with Crippen LogP contribution in [-0.2, 0) is 4.79 Å². The van der Waals surface area contributed by atoms with Gasteiger partial charge in [0.2, 0.25) is 5.91 Å². The van der Waals surface area contributed by atoms with Crippen LogP contribution < -0.4 is 5.73 Å². The number of nitrogens with zero attached hydrogens (tertiary/aromatic N) is 1. The first kappa shape index (κ1) is 14.8. The molecule has 2 atom stereocenters. The molecule has 2 N–H and O–H groups in total. The van der Waals surface area contributed by atoms with Gasteiger partial charge in [-0.3, -0.25) is 4.79 Å². The Morgan fingerprint density at radius 3 is 2.47 bits per heavy atom. The van der Waals surface area contributed by atoms with E-state index in [-0.39, 0.29) is 11.9 Å². The van der Waals surface area contributed by atoms with Crippen molar-refractivity contribution < 1.29 is 4.79 Å². The number of amides is 1. The van der Waals surface area contributed by atoms with Gasteiger partial charge in [-0.15, -0.1) is 0 Å². The zero-order valence-corrected chi connectivity index (χ0v) is 11.1. The summed E-state index contributed by atoms with van der Waals surface area (Å²) in [5, 5.41) is 0. The SMILES string of the molecule is CCC(C)N(CC)C(=O)[C@H](N)CCSC. The maximum absolute atomic E-state index is 12.0. The van der Waals surface area contributed by atoms with Crippen LogP contribution in [0.4, 0.5) is 0 Å². The molecular formula is C11H24N2OS. The number of rotatable bonds is 7. The van der Waals surface area contributed by atoms with Crippen LogP contribution in [0.2, 0.25) is 0 Å². The van der Waals surface area contributed by atoms with E-state index in [9.17, 15) is 4.79 Å². The molecule has 1 amide bonds. The van der Waals surface area contributed by atoms with Crippen LogP contribution >= 0.6 is 11.8 Å². The summed E-state index contributed by atoms with van der Waals surface area (Å²) >= 11 is 1.73. The van der Waals surface area contributed by atoms with Gasteiger partial charge < -0.3 is 10.6 Å². The van der Waals surface area contributed by atoms with E-state index in [1.54, 1.807) is 11.8 Å². The van der Waals surface area contributed by atoms with E-state index in [1.807, 2.05) is 18.1 Å². The van der Waals surface area contributed by atoms with E-state index in [4.69, 9.17) is 5.73 Å². The molecule has 0 aliphatic carbocycles. The molecule has 90 valence electrons. The molecule has 0 saturated carbocycles. The predicted octanol–water partition coefficient (Wildman–Crippen LogP) is 1.71. The summed E-state index contributed by atoms with van der Waals surface area (Å²) in [6, 6.07) is -0.0331. The monoisotopic (exact) mass is 232 g/mol. The van der Waals surface area contributed by atoms with Crippen molar-refractivity contribution in [1.29, 1.82) is 0 Å². The van der Waals surface area contributed by atoms with Gasteiger partial charge in [0.05, 0.1) is 6.04 Å². The Labute approximate surface area is 97.8 Å². The molecule has 0 radical (unpaired) electrons. The highest BCUT2D eigenvalue weighted by Gasteiger charge is 2.22. The lowest BCUT2D eigenvalue weighted by Crippen LogP contribution is -2.47. The maximum atomic E-state index is 12.0. The molecular weight excluding hydrogens is 208 g/mol. The van der Waals surface area contributed by atoms with Crippen LogP contribution in [0.25, 0.3) is 0 Å². The zero-order chi connectivity index (χ0) is 11.8. The fourth-order valence-electron chi connectivity index (χ4n) is 1.49. The molecule has 0 spiro atoms. The van der Waals surface area contributed by atoms with E-state index in [0.29, 0.717) is 6.04 Å². The highest BCUT2D eigenvalue weighted by atomic mass is 32.2. The molecule has 3 nitrogen and oxygen atoms in total. The highest BCUT2D eigenvalue weighted by molar-refractivity contribution is 7.98. The van der Waals surface area contributed by atoms with Crippen molar-refractivity contribution in [2.24, 2.45) is 5.73 Å². The minimum atomic E-state index is -0.327. The van der Waals surface area contributed by atoms with Crippen LogP contribution in [-0.4, -0.2) is 41.4 Å². The lowest BCUT2D eigenvalue weighted by molar-refractivity contribution is -0.134. The van der Waals surface area contributed by atoms with Crippen molar-refractivity contribution in [3.8, 4) is 0 Å². The minimum absolute atomic E-state index is 0.0981. The molecule has 0 heterocycles. The van der Waals surface area contributed by atoms with Gasteiger partial charge in [0.25, 0.3) is 0 Å². The van der Waals surface area contributed by atoms with Crippen LogP contribution in [0.1, 0.15) is 33.6 Å². The number of hydrogen-bond acceptors (Lipinski definition) is 3. The number of nitrogens with two attached hydrogens (primary N) is 1. The van der Waals surface area contributed by atoms with Crippen molar-refractivity contribution in [2.45, 2.75) is 45.7 Å². The van der Waals surface area contributed by atoms with Crippen molar-refractivity contribution in [3.63, 3.8) is 0 Å². The third-order valence-corrected chi connectivity index (χ3v) is 3.34. The van der Waals surface area contributed by atoms with Crippen molar-refractivity contribution in [2.75, 3.05) is 18.6 Å². The highest BCUT2D eigenvalue weighted by Crippen LogP contribution is 2.08. The standard InChI is InChI=1S/C11H24N2OS/c1-5-9(3)13(6-2)11(14)10(12)7-8-15-4/h9-10H,5-8,12H2,1-4H3/t9?,10-/m1/s1. The first-order chi connectivity index (χ1) is 7.08. The number of hydrogen-bond donors (Lipinski definition) is 1. The van der Waals surface area contributed by atoms with Crippen LogP contribution in [0.15, 0.2) is 0 Å². The predicted molar refractivity (Wildman–Crippen MR) is 68.1 cm³/mol. The van der Waals surface area contributed by atoms with E-state index in [2.05, 4.69) is 13.8 Å². The molecule has 0 aliphatic rings. The Morgan fingerprint density at radius 1 is 1.47 bits per heavy atom. The summed E-state index contributed by atoms with van der Waals surface area (Å²) in [5.74, 6) is 1.05. The summed E-state index contributed by atoms with van der Waals surface area (Å²) < 4.78 is 0. The molecule has 0 aliphatic heterocycles. The average Bonchev–Trinajstić information content (AvgIpc) is 2.26. The summed E-state index contributed by atoms with van der Waals surface area (Å²) in [5.41, 5.74) is 5.87. The van der Waals surface area contributed by atoms with Crippen molar-refractivity contribution >= 4 is 17.7 Å². The van der Waals surface area contributed by atoms with Gasteiger partial charge in [0, 0.05) is 12.6 Å². The first-order valence-electron chi connectivity index (χ1n) is 5.63. The van der Waals surface area contributed by atoms with Gasteiger partial charge in [-0.2, -0.15) is 11.8 Å². The fraction of sp³-hybridized carbons (Fsp3) is 0.909. The van der Waals surface area contributed by atoms with Crippen LogP contribution in [0.3, 0.4) is 0 Å². The van der Waals surface area contributed by atoms with Crippen LogP contribution in [0, 0.1) is 0 Å². The van der Waals surface area contributed by atoms with Crippen LogP contribution in [0.5, 0.6) is 0 Å². The summed E-state index contributed by atoms with van der Waals surface area (Å²) in [4.78, 5) is 13.9. The summed E-state index contributed by atoms with van der Waals surface area (Å²) in [6.07, 6.45) is 3.78. The molecule has 0 bridgehead atoms. The smallest absolute Gasteiger partial charge is 0.239 e.